The Hall–Kier alpha value is -3.32. The van der Waals surface area contributed by atoms with E-state index in [9.17, 15) is 9.18 Å². The first kappa shape index (κ1) is 18.1. The molecule has 0 aliphatic carbocycles. The normalized spacial score (nSPS) is 11.4. The van der Waals surface area contributed by atoms with Gasteiger partial charge in [0.2, 0.25) is 5.91 Å². The van der Waals surface area contributed by atoms with E-state index in [2.05, 4.69) is 15.5 Å². The van der Waals surface area contributed by atoms with Gasteiger partial charge in [0.15, 0.2) is 5.82 Å². The molecule has 0 spiro atoms. The molecule has 2 N–H and O–H groups in total. The molecule has 0 bridgehead atoms. The number of carbonyl (C=O) groups is 1. The Bertz CT molecular complexity index is 1170. The standard InChI is InChI=1S/C21H15F2N3OS/c22-14-4-1-3-13(11-14)6-7-16-20-17(26-25-16)8-9-18(21(20)23)24-19(27)12-15-5-2-10-28-15/h1-11H,12H2,(H,24,27)(H,25,26). The van der Waals surface area contributed by atoms with Gasteiger partial charge in [-0.3, -0.25) is 9.89 Å². The number of amides is 1. The monoisotopic (exact) mass is 395 g/mol. The van der Waals surface area contributed by atoms with Gasteiger partial charge in [-0.25, -0.2) is 8.78 Å². The van der Waals surface area contributed by atoms with Crippen molar-refractivity contribution in [3.05, 3.63) is 81.7 Å². The zero-order valence-corrected chi connectivity index (χ0v) is 15.4. The van der Waals surface area contributed by atoms with Gasteiger partial charge in [-0.05, 0) is 47.4 Å². The molecule has 0 saturated carbocycles. The van der Waals surface area contributed by atoms with Crippen LogP contribution in [0, 0.1) is 11.6 Å². The summed E-state index contributed by atoms with van der Waals surface area (Å²) in [5.41, 5.74) is 1.60. The SMILES string of the molecule is O=C(Cc1cccs1)Nc1ccc2[nH]nc(C=Cc3cccc(F)c3)c2c1F. The number of hydrogen-bond acceptors (Lipinski definition) is 3. The molecule has 4 aromatic rings. The molecular weight excluding hydrogens is 380 g/mol. The smallest absolute Gasteiger partial charge is 0.229 e. The predicted molar refractivity (Wildman–Crippen MR) is 108 cm³/mol. The lowest BCUT2D eigenvalue weighted by Gasteiger charge is -2.06. The fraction of sp³-hybridized carbons (Fsp3) is 0.0476. The van der Waals surface area contributed by atoms with Crippen molar-refractivity contribution in [1.82, 2.24) is 10.2 Å². The number of halogens is 2. The number of benzene rings is 2. The van der Waals surface area contributed by atoms with Crippen LogP contribution in [0.3, 0.4) is 0 Å². The van der Waals surface area contributed by atoms with Crippen molar-refractivity contribution in [2.24, 2.45) is 0 Å². The van der Waals surface area contributed by atoms with Crippen LogP contribution < -0.4 is 5.32 Å². The van der Waals surface area contributed by atoms with E-state index < -0.39 is 5.82 Å². The minimum Gasteiger partial charge on any atom is -0.323 e. The Morgan fingerprint density at radius 1 is 1.14 bits per heavy atom. The molecule has 0 aliphatic heterocycles. The number of rotatable bonds is 5. The largest absolute Gasteiger partial charge is 0.323 e. The van der Waals surface area contributed by atoms with Crippen LogP contribution in [0.5, 0.6) is 0 Å². The molecule has 2 aromatic heterocycles. The second-order valence-electron chi connectivity index (χ2n) is 6.15. The van der Waals surface area contributed by atoms with Crippen molar-refractivity contribution < 1.29 is 13.6 Å². The van der Waals surface area contributed by atoms with Gasteiger partial charge in [0.1, 0.15) is 5.82 Å². The van der Waals surface area contributed by atoms with E-state index in [1.807, 2.05) is 17.5 Å². The summed E-state index contributed by atoms with van der Waals surface area (Å²) >= 11 is 1.47. The molecule has 1 amide bonds. The summed E-state index contributed by atoms with van der Waals surface area (Å²) in [6.45, 7) is 0. The zero-order valence-electron chi connectivity index (χ0n) is 14.6. The summed E-state index contributed by atoms with van der Waals surface area (Å²) in [7, 11) is 0. The molecule has 7 heteroatoms. The van der Waals surface area contributed by atoms with Crippen LogP contribution in [0.25, 0.3) is 23.1 Å². The van der Waals surface area contributed by atoms with Gasteiger partial charge in [0, 0.05) is 4.88 Å². The number of aromatic amines is 1. The first-order valence-corrected chi connectivity index (χ1v) is 9.40. The summed E-state index contributed by atoms with van der Waals surface area (Å²) in [4.78, 5) is 13.1. The van der Waals surface area contributed by atoms with Crippen LogP contribution >= 0.6 is 11.3 Å². The minimum absolute atomic E-state index is 0.0934. The van der Waals surface area contributed by atoms with Crippen LogP contribution in [0.15, 0.2) is 53.9 Å². The summed E-state index contributed by atoms with van der Waals surface area (Å²) in [6.07, 6.45) is 3.45. The third kappa shape index (κ3) is 3.84. The average molecular weight is 395 g/mol. The highest BCUT2D eigenvalue weighted by molar-refractivity contribution is 7.10. The number of nitrogens with one attached hydrogen (secondary N) is 2. The van der Waals surface area contributed by atoms with Crippen molar-refractivity contribution in [2.45, 2.75) is 6.42 Å². The molecule has 4 rings (SSSR count). The quantitative estimate of drug-likeness (QED) is 0.485. The van der Waals surface area contributed by atoms with Crippen molar-refractivity contribution in [2.75, 3.05) is 5.32 Å². The van der Waals surface area contributed by atoms with Crippen molar-refractivity contribution in [3.8, 4) is 0 Å². The first-order valence-electron chi connectivity index (χ1n) is 8.52. The Balaban J connectivity index is 1.61. The van der Waals surface area contributed by atoms with Crippen LogP contribution in [-0.2, 0) is 11.2 Å². The van der Waals surface area contributed by atoms with Crippen molar-refractivity contribution >= 4 is 46.0 Å². The minimum atomic E-state index is -0.565. The number of nitrogens with zero attached hydrogens (tertiary/aromatic N) is 1. The number of fused-ring (bicyclic) bond motifs is 1. The van der Waals surface area contributed by atoms with Gasteiger partial charge in [-0.2, -0.15) is 5.10 Å². The molecule has 2 aromatic carbocycles. The van der Waals surface area contributed by atoms with Gasteiger partial charge >= 0.3 is 0 Å². The van der Waals surface area contributed by atoms with Crippen molar-refractivity contribution in [3.63, 3.8) is 0 Å². The van der Waals surface area contributed by atoms with Crippen LogP contribution in [0.4, 0.5) is 14.5 Å². The zero-order chi connectivity index (χ0) is 19.5. The van der Waals surface area contributed by atoms with Gasteiger partial charge in [0.25, 0.3) is 0 Å². The maximum absolute atomic E-state index is 15.0. The molecule has 28 heavy (non-hydrogen) atoms. The van der Waals surface area contributed by atoms with Gasteiger partial charge < -0.3 is 5.32 Å². The number of H-pyrrole nitrogens is 1. The van der Waals surface area contributed by atoms with E-state index in [4.69, 9.17) is 0 Å². The molecule has 0 fully saturated rings. The number of anilines is 1. The number of thiophene rings is 1. The Morgan fingerprint density at radius 2 is 2.04 bits per heavy atom. The van der Waals surface area contributed by atoms with Crippen LogP contribution in [0.2, 0.25) is 0 Å². The summed E-state index contributed by atoms with van der Waals surface area (Å²) in [5, 5.41) is 11.7. The molecule has 4 nitrogen and oxygen atoms in total. The van der Waals surface area contributed by atoms with E-state index in [1.54, 1.807) is 30.4 Å². The third-order valence-corrected chi connectivity index (χ3v) is 5.04. The topological polar surface area (TPSA) is 57.8 Å². The van der Waals surface area contributed by atoms with E-state index in [0.29, 0.717) is 16.8 Å². The predicted octanol–water partition coefficient (Wildman–Crippen LogP) is 5.25. The second kappa shape index (κ2) is 7.74. The van der Waals surface area contributed by atoms with E-state index in [0.717, 1.165) is 4.88 Å². The van der Waals surface area contributed by atoms with Crippen LogP contribution in [-0.4, -0.2) is 16.1 Å². The highest BCUT2D eigenvalue weighted by Gasteiger charge is 2.15. The molecule has 0 radical (unpaired) electrons. The molecule has 0 unspecified atom stereocenters. The van der Waals surface area contributed by atoms with Gasteiger partial charge in [-0.15, -0.1) is 11.3 Å². The summed E-state index contributed by atoms with van der Waals surface area (Å²) in [5.74, 6) is -1.21. The highest BCUT2D eigenvalue weighted by atomic mass is 32.1. The summed E-state index contributed by atoms with van der Waals surface area (Å²) in [6, 6.07) is 12.9. The third-order valence-electron chi connectivity index (χ3n) is 4.17. The molecule has 2 heterocycles. The molecule has 0 atom stereocenters. The van der Waals surface area contributed by atoms with Gasteiger partial charge in [0.05, 0.1) is 28.7 Å². The van der Waals surface area contributed by atoms with Gasteiger partial charge in [-0.1, -0.05) is 24.3 Å². The lowest BCUT2D eigenvalue weighted by molar-refractivity contribution is -0.115. The Labute approximate surface area is 163 Å². The fourth-order valence-corrected chi connectivity index (χ4v) is 3.57. The molecule has 0 saturated heterocycles. The van der Waals surface area contributed by atoms with E-state index in [1.165, 1.54) is 29.5 Å². The number of carbonyl (C=O) groups excluding carboxylic acids is 1. The lowest BCUT2D eigenvalue weighted by Crippen LogP contribution is -2.14. The molecular formula is C21H15F2N3OS. The van der Waals surface area contributed by atoms with E-state index in [-0.39, 0.29) is 29.2 Å². The number of hydrogen-bond donors (Lipinski definition) is 2. The Morgan fingerprint density at radius 3 is 2.82 bits per heavy atom. The van der Waals surface area contributed by atoms with Crippen molar-refractivity contribution in [1.29, 1.82) is 0 Å². The Kier molecular flexibility index (Phi) is 4.99. The fourth-order valence-electron chi connectivity index (χ4n) is 2.86. The second-order valence-corrected chi connectivity index (χ2v) is 7.18. The molecule has 140 valence electrons. The lowest BCUT2D eigenvalue weighted by atomic mass is 10.1. The maximum atomic E-state index is 15.0. The number of aromatic nitrogens is 2. The summed E-state index contributed by atoms with van der Waals surface area (Å²) < 4.78 is 28.3. The maximum Gasteiger partial charge on any atom is 0.229 e. The average Bonchev–Trinajstić information content (AvgIpc) is 3.32. The van der Waals surface area contributed by atoms with E-state index >= 15 is 4.39 Å². The molecule has 0 aliphatic rings. The highest BCUT2D eigenvalue weighted by Crippen LogP contribution is 2.27. The first-order chi connectivity index (χ1) is 13.6. The van der Waals surface area contributed by atoms with Crippen LogP contribution in [0.1, 0.15) is 16.1 Å².